The van der Waals surface area contributed by atoms with Crippen LogP contribution in [0.2, 0.25) is 0 Å². The molecule has 1 atom stereocenters. The highest BCUT2D eigenvalue weighted by molar-refractivity contribution is 5.70. The quantitative estimate of drug-likeness (QED) is 0.0373. The van der Waals surface area contributed by atoms with Gasteiger partial charge in [-0.15, -0.1) is 0 Å². The average molecular weight is 1080 g/mol. The zero-order valence-corrected chi connectivity index (χ0v) is 50.9. The third-order valence-electron chi connectivity index (χ3n) is 13.9. The van der Waals surface area contributed by atoms with Crippen LogP contribution in [0.25, 0.3) is 0 Å². The lowest BCUT2D eigenvalue weighted by atomic mass is 10.0. The molecule has 0 heterocycles. The van der Waals surface area contributed by atoms with Gasteiger partial charge in [0.2, 0.25) is 0 Å². The minimum atomic E-state index is -0.796. The number of esters is 2. The van der Waals surface area contributed by atoms with E-state index < -0.39 is 6.10 Å². The summed E-state index contributed by atoms with van der Waals surface area (Å²) >= 11 is 0. The van der Waals surface area contributed by atoms with Crippen LogP contribution in [0.5, 0.6) is 0 Å². The highest BCUT2D eigenvalue weighted by Crippen LogP contribution is 2.16. The molecule has 5 heteroatoms. The Balaban J connectivity index is 3.58. The molecule has 444 valence electrons. The second kappa shape index (κ2) is 67.3. The molecule has 0 fully saturated rings. The van der Waals surface area contributed by atoms with Crippen LogP contribution in [-0.4, -0.2) is 36.4 Å². The number of rotatable bonds is 59. The van der Waals surface area contributed by atoms with Crippen LogP contribution in [0.1, 0.15) is 296 Å². The van der Waals surface area contributed by atoms with Gasteiger partial charge in [0, 0.05) is 12.8 Å². The number of unbranched alkanes of at least 4 members (excludes halogenated alkanes) is 29. The number of aliphatic hydroxyl groups is 1. The zero-order chi connectivity index (χ0) is 56.2. The molecule has 0 aliphatic rings. The maximum absolute atomic E-state index is 12.3. The van der Waals surface area contributed by atoms with Crippen molar-refractivity contribution in [2.24, 2.45) is 0 Å². The minimum Gasteiger partial charge on any atom is -0.462 e. The Labute approximate surface area is 483 Å². The fourth-order valence-electron chi connectivity index (χ4n) is 9.05. The first kappa shape index (κ1) is 74.0. The lowest BCUT2D eigenvalue weighted by molar-refractivity contribution is -0.161. The molecule has 78 heavy (non-hydrogen) atoms. The van der Waals surface area contributed by atoms with E-state index in [0.717, 1.165) is 116 Å². The van der Waals surface area contributed by atoms with Gasteiger partial charge in [-0.2, -0.15) is 0 Å². The summed E-state index contributed by atoms with van der Waals surface area (Å²) in [5.74, 6) is -0.619. The monoisotopic (exact) mass is 1080 g/mol. The number of ether oxygens (including phenoxy) is 2. The van der Waals surface area contributed by atoms with Crippen molar-refractivity contribution in [3.8, 4) is 0 Å². The topological polar surface area (TPSA) is 72.8 Å². The van der Waals surface area contributed by atoms with Crippen molar-refractivity contribution in [3.63, 3.8) is 0 Å². The van der Waals surface area contributed by atoms with E-state index in [2.05, 4.69) is 148 Å². The van der Waals surface area contributed by atoms with Crippen molar-refractivity contribution in [3.05, 3.63) is 134 Å². The van der Waals surface area contributed by atoms with Crippen molar-refractivity contribution in [1.82, 2.24) is 0 Å². The van der Waals surface area contributed by atoms with E-state index in [1.807, 2.05) is 0 Å². The van der Waals surface area contributed by atoms with Gasteiger partial charge in [-0.05, 0) is 116 Å². The highest BCUT2D eigenvalue weighted by atomic mass is 16.6. The molecule has 0 amide bonds. The first-order chi connectivity index (χ1) is 38.6. The number of carbonyl (C=O) groups excluding carboxylic acids is 2. The molecule has 0 saturated carbocycles. The van der Waals surface area contributed by atoms with E-state index >= 15 is 0 Å². The first-order valence-corrected chi connectivity index (χ1v) is 32.7. The summed E-state index contributed by atoms with van der Waals surface area (Å²) in [6, 6.07) is 0. The molecule has 0 radical (unpaired) electrons. The Bertz CT molecular complexity index is 1600. The molecule has 0 aromatic rings. The summed E-state index contributed by atoms with van der Waals surface area (Å²) in [7, 11) is 0. The summed E-state index contributed by atoms with van der Waals surface area (Å²) in [6.45, 7) is 4.02. The van der Waals surface area contributed by atoms with E-state index in [4.69, 9.17) is 9.47 Å². The maximum Gasteiger partial charge on any atom is 0.306 e. The number of hydrogen-bond acceptors (Lipinski definition) is 5. The second-order valence-corrected chi connectivity index (χ2v) is 21.5. The van der Waals surface area contributed by atoms with Gasteiger partial charge in [-0.25, -0.2) is 0 Å². The van der Waals surface area contributed by atoms with Crippen molar-refractivity contribution >= 4 is 11.9 Å². The van der Waals surface area contributed by atoms with E-state index in [0.29, 0.717) is 12.8 Å². The number of allylic oxidation sites excluding steroid dienone is 22. The molecule has 0 saturated heterocycles. The molecule has 0 rings (SSSR count). The summed E-state index contributed by atoms with van der Waals surface area (Å²) in [5, 5.41) is 9.68. The van der Waals surface area contributed by atoms with Crippen molar-refractivity contribution in [2.45, 2.75) is 302 Å². The van der Waals surface area contributed by atoms with Crippen LogP contribution in [0, 0.1) is 0 Å². The zero-order valence-electron chi connectivity index (χ0n) is 50.9. The van der Waals surface area contributed by atoms with Crippen LogP contribution in [0.3, 0.4) is 0 Å². The van der Waals surface area contributed by atoms with Crippen LogP contribution >= 0.6 is 0 Å². The SMILES string of the molecule is CC/C=C\C/C=C\C/C=C\C/C=C\C/C=C\C/C=C\C/C=C\C/C=C\C/C=C\C/C=C\CCCCCCC(=O)OC(CO)COC(=O)CCCCCCCCCCCCCCCCCCC/C=C\CCCCCCCCCC. The Morgan fingerprint density at radius 1 is 0.308 bits per heavy atom. The van der Waals surface area contributed by atoms with E-state index in [-0.39, 0.29) is 25.2 Å². The predicted octanol–water partition coefficient (Wildman–Crippen LogP) is 22.8. The maximum atomic E-state index is 12.3. The molecule has 0 aliphatic heterocycles. The van der Waals surface area contributed by atoms with Gasteiger partial charge in [0.25, 0.3) is 0 Å². The summed E-state index contributed by atoms with van der Waals surface area (Å²) in [6.07, 6.45) is 100. The van der Waals surface area contributed by atoms with E-state index in [1.54, 1.807) is 0 Å². The average Bonchev–Trinajstić information content (AvgIpc) is 3.44. The molecular formula is C73H122O5. The standard InChI is InChI=1S/C73H122O5/c1-3-5-7-9-11-13-15-17-19-21-23-25-27-29-31-33-34-35-36-37-38-40-42-44-46-48-50-52-54-56-58-60-62-64-66-68-73(76)78-71(69-74)70-77-72(75)67-65-63-61-59-57-55-53-51-49-47-45-43-41-39-32-30-28-26-24-22-20-18-16-14-12-10-8-6-4-2/h5,7,11,13,17,19,22-25,29,31,34-35,37-38,42,44,48,50,54,56,71,74H,3-4,6,8-10,12,14-16,18,20-21,26-28,30,32-33,36,39-41,43,45-47,49,51-53,55,57-70H2,1-2H3/b7-5-,13-11-,19-17-,24-22-,25-23-,31-29-,35-34-,38-37-,44-42-,50-48-,56-54-. The second-order valence-electron chi connectivity index (χ2n) is 21.5. The fourth-order valence-corrected chi connectivity index (χ4v) is 9.05. The largest absolute Gasteiger partial charge is 0.462 e. The summed E-state index contributed by atoms with van der Waals surface area (Å²) in [5.41, 5.74) is 0. The van der Waals surface area contributed by atoms with Gasteiger partial charge in [0.15, 0.2) is 6.10 Å². The molecule has 0 aliphatic carbocycles. The van der Waals surface area contributed by atoms with E-state index in [1.165, 1.54) is 154 Å². The van der Waals surface area contributed by atoms with Gasteiger partial charge >= 0.3 is 11.9 Å². The van der Waals surface area contributed by atoms with Gasteiger partial charge in [-0.1, -0.05) is 302 Å². The lowest BCUT2D eigenvalue weighted by Crippen LogP contribution is -2.28. The molecule has 5 nitrogen and oxygen atoms in total. The van der Waals surface area contributed by atoms with Crippen molar-refractivity contribution < 1.29 is 24.2 Å². The predicted molar refractivity (Wildman–Crippen MR) is 343 cm³/mol. The number of hydrogen-bond donors (Lipinski definition) is 1. The summed E-state index contributed by atoms with van der Waals surface area (Å²) < 4.78 is 10.7. The molecule has 1 unspecified atom stereocenters. The normalized spacial score (nSPS) is 13.1. The Hall–Kier alpha value is -3.96. The van der Waals surface area contributed by atoms with Gasteiger partial charge in [-0.3, -0.25) is 9.59 Å². The third kappa shape index (κ3) is 64.6. The molecule has 0 bridgehead atoms. The molecule has 0 aromatic heterocycles. The van der Waals surface area contributed by atoms with Crippen LogP contribution in [-0.2, 0) is 19.1 Å². The number of carbonyl (C=O) groups is 2. The Morgan fingerprint density at radius 2 is 0.551 bits per heavy atom. The van der Waals surface area contributed by atoms with E-state index in [9.17, 15) is 14.7 Å². The van der Waals surface area contributed by atoms with Gasteiger partial charge < -0.3 is 14.6 Å². The molecular weight excluding hydrogens is 957 g/mol. The molecule has 0 aromatic carbocycles. The van der Waals surface area contributed by atoms with Crippen LogP contribution in [0.15, 0.2) is 134 Å². The highest BCUT2D eigenvalue weighted by Gasteiger charge is 2.16. The van der Waals surface area contributed by atoms with Crippen molar-refractivity contribution in [2.75, 3.05) is 13.2 Å². The van der Waals surface area contributed by atoms with Gasteiger partial charge in [0.05, 0.1) is 6.61 Å². The fraction of sp³-hybridized carbons (Fsp3) is 0.671. The molecule has 1 N–H and O–H groups in total. The third-order valence-corrected chi connectivity index (χ3v) is 13.9. The lowest BCUT2D eigenvalue weighted by Gasteiger charge is -2.15. The van der Waals surface area contributed by atoms with Crippen LogP contribution in [0.4, 0.5) is 0 Å². The minimum absolute atomic E-state index is 0.0819. The molecule has 0 spiro atoms. The number of aliphatic hydroxyl groups excluding tert-OH is 1. The smallest absolute Gasteiger partial charge is 0.306 e. The Kier molecular flexibility index (Phi) is 63.9. The first-order valence-electron chi connectivity index (χ1n) is 32.7. The van der Waals surface area contributed by atoms with Crippen LogP contribution < -0.4 is 0 Å². The Morgan fingerprint density at radius 3 is 0.846 bits per heavy atom. The van der Waals surface area contributed by atoms with Crippen molar-refractivity contribution in [1.29, 1.82) is 0 Å². The van der Waals surface area contributed by atoms with Gasteiger partial charge in [0.1, 0.15) is 6.61 Å². The summed E-state index contributed by atoms with van der Waals surface area (Å²) in [4.78, 5) is 24.6.